The number of hydrogen-bond acceptors (Lipinski definition) is 3. The lowest BCUT2D eigenvalue weighted by atomic mass is 9.85. The van der Waals surface area contributed by atoms with Crippen molar-refractivity contribution >= 4 is 11.8 Å². The molecule has 1 unspecified atom stereocenters. The van der Waals surface area contributed by atoms with Crippen molar-refractivity contribution in [2.24, 2.45) is 0 Å². The van der Waals surface area contributed by atoms with E-state index in [-0.39, 0.29) is 23.4 Å². The number of carbonyl (C=O) groups excluding carboxylic acids is 2. The van der Waals surface area contributed by atoms with E-state index in [1.807, 2.05) is 4.90 Å². The molecule has 2 saturated heterocycles. The first kappa shape index (κ1) is 12.4. The van der Waals surface area contributed by atoms with E-state index in [1.165, 1.54) is 0 Å². The van der Waals surface area contributed by atoms with Gasteiger partial charge in [0.1, 0.15) is 0 Å². The molecule has 0 aromatic rings. The first-order chi connectivity index (χ1) is 8.01. The van der Waals surface area contributed by atoms with E-state index in [2.05, 4.69) is 10.6 Å². The maximum atomic E-state index is 11.3. The van der Waals surface area contributed by atoms with Crippen molar-refractivity contribution < 1.29 is 9.59 Å². The maximum Gasteiger partial charge on any atom is 0.219 e. The van der Waals surface area contributed by atoms with Crippen LogP contribution >= 0.6 is 0 Å². The molecule has 0 saturated carbocycles. The highest BCUT2D eigenvalue weighted by molar-refractivity contribution is 5.73. The number of amides is 2. The van der Waals surface area contributed by atoms with Crippen LogP contribution in [0.1, 0.15) is 33.1 Å². The molecule has 1 atom stereocenters. The molecule has 2 rings (SSSR count). The monoisotopic (exact) mass is 239 g/mol. The van der Waals surface area contributed by atoms with Gasteiger partial charge in [-0.05, 0) is 19.3 Å². The average Bonchev–Trinajstić information content (AvgIpc) is 2.61. The van der Waals surface area contributed by atoms with Gasteiger partial charge in [-0.3, -0.25) is 9.59 Å². The standard InChI is InChI=1S/C12H21N3O2/c1-9(16)14-11-7-12(13-8-11)3-5-15(6-4-12)10(2)17/h11,13H,3-8H2,1-2H3,(H,14,16). The Morgan fingerprint density at radius 3 is 2.47 bits per heavy atom. The van der Waals surface area contributed by atoms with Crippen LogP contribution in [0.3, 0.4) is 0 Å². The Kier molecular flexibility index (Phi) is 3.38. The normalized spacial score (nSPS) is 27.2. The molecule has 96 valence electrons. The van der Waals surface area contributed by atoms with Gasteiger partial charge in [0, 0.05) is 45.1 Å². The van der Waals surface area contributed by atoms with Crippen molar-refractivity contribution in [3.63, 3.8) is 0 Å². The lowest BCUT2D eigenvalue weighted by Crippen LogP contribution is -2.51. The van der Waals surface area contributed by atoms with Crippen LogP contribution in [0.5, 0.6) is 0 Å². The van der Waals surface area contributed by atoms with Gasteiger partial charge in [-0.2, -0.15) is 0 Å². The Bertz CT molecular complexity index is 322. The van der Waals surface area contributed by atoms with Crippen LogP contribution in [-0.4, -0.2) is 47.9 Å². The van der Waals surface area contributed by atoms with Crippen LogP contribution in [-0.2, 0) is 9.59 Å². The summed E-state index contributed by atoms with van der Waals surface area (Å²) < 4.78 is 0. The first-order valence-corrected chi connectivity index (χ1v) is 6.28. The minimum atomic E-state index is 0.0371. The first-order valence-electron chi connectivity index (χ1n) is 6.28. The van der Waals surface area contributed by atoms with Crippen LogP contribution in [0.2, 0.25) is 0 Å². The van der Waals surface area contributed by atoms with E-state index >= 15 is 0 Å². The van der Waals surface area contributed by atoms with Crippen molar-refractivity contribution in [1.82, 2.24) is 15.5 Å². The SMILES string of the molecule is CC(=O)NC1CNC2(CCN(C(C)=O)CC2)C1. The molecule has 0 radical (unpaired) electrons. The van der Waals surface area contributed by atoms with E-state index in [9.17, 15) is 9.59 Å². The summed E-state index contributed by atoms with van der Waals surface area (Å²) in [5.74, 6) is 0.200. The molecule has 5 nitrogen and oxygen atoms in total. The Morgan fingerprint density at radius 1 is 1.29 bits per heavy atom. The second-order valence-corrected chi connectivity index (χ2v) is 5.27. The second-order valence-electron chi connectivity index (χ2n) is 5.27. The summed E-state index contributed by atoms with van der Waals surface area (Å²) in [6.45, 7) is 5.69. The van der Waals surface area contributed by atoms with E-state index in [0.29, 0.717) is 0 Å². The number of piperidine rings is 1. The molecule has 5 heteroatoms. The third kappa shape index (κ3) is 2.77. The molecular weight excluding hydrogens is 218 g/mol. The molecule has 2 fully saturated rings. The fraction of sp³-hybridized carbons (Fsp3) is 0.833. The Balaban J connectivity index is 1.87. The molecule has 17 heavy (non-hydrogen) atoms. The molecule has 1 spiro atoms. The van der Waals surface area contributed by atoms with Crippen molar-refractivity contribution in [3.8, 4) is 0 Å². The van der Waals surface area contributed by atoms with Gasteiger partial charge < -0.3 is 15.5 Å². The van der Waals surface area contributed by atoms with Gasteiger partial charge in [-0.25, -0.2) is 0 Å². The quantitative estimate of drug-likeness (QED) is 0.670. The zero-order valence-corrected chi connectivity index (χ0v) is 10.6. The lowest BCUT2D eigenvalue weighted by molar-refractivity contribution is -0.130. The van der Waals surface area contributed by atoms with E-state index in [1.54, 1.807) is 13.8 Å². The summed E-state index contributed by atoms with van der Waals surface area (Å²) in [5, 5.41) is 6.50. The maximum absolute atomic E-state index is 11.3. The van der Waals surface area contributed by atoms with Gasteiger partial charge in [-0.1, -0.05) is 0 Å². The van der Waals surface area contributed by atoms with Gasteiger partial charge >= 0.3 is 0 Å². The fourth-order valence-corrected chi connectivity index (χ4v) is 2.98. The lowest BCUT2D eigenvalue weighted by Gasteiger charge is -2.39. The molecule has 2 aliphatic heterocycles. The molecular formula is C12H21N3O2. The van der Waals surface area contributed by atoms with Crippen LogP contribution in [0, 0.1) is 0 Å². The zero-order chi connectivity index (χ0) is 12.5. The minimum absolute atomic E-state index is 0.0371. The van der Waals surface area contributed by atoms with Gasteiger partial charge in [0.2, 0.25) is 11.8 Å². The number of hydrogen-bond donors (Lipinski definition) is 2. The van der Waals surface area contributed by atoms with E-state index in [0.717, 1.165) is 38.9 Å². The van der Waals surface area contributed by atoms with E-state index < -0.39 is 0 Å². The largest absolute Gasteiger partial charge is 0.352 e. The summed E-state index contributed by atoms with van der Waals surface area (Å²) in [4.78, 5) is 24.2. The zero-order valence-electron chi connectivity index (χ0n) is 10.6. The number of likely N-dealkylation sites (tertiary alicyclic amines) is 1. The summed E-state index contributed by atoms with van der Waals surface area (Å²) in [6.07, 6.45) is 2.96. The predicted molar refractivity (Wildman–Crippen MR) is 64.4 cm³/mol. The third-order valence-corrected chi connectivity index (χ3v) is 3.93. The van der Waals surface area contributed by atoms with Crippen molar-refractivity contribution in [2.75, 3.05) is 19.6 Å². The molecule has 2 N–H and O–H groups in total. The topological polar surface area (TPSA) is 61.4 Å². The van der Waals surface area contributed by atoms with Crippen molar-refractivity contribution in [1.29, 1.82) is 0 Å². The molecule has 0 aromatic heterocycles. The van der Waals surface area contributed by atoms with Gasteiger partial charge in [0.05, 0.1) is 0 Å². The summed E-state index contributed by atoms with van der Waals surface area (Å²) >= 11 is 0. The Hall–Kier alpha value is -1.10. The minimum Gasteiger partial charge on any atom is -0.352 e. The van der Waals surface area contributed by atoms with Gasteiger partial charge in [0.25, 0.3) is 0 Å². The van der Waals surface area contributed by atoms with Crippen LogP contribution < -0.4 is 10.6 Å². The highest BCUT2D eigenvalue weighted by atomic mass is 16.2. The van der Waals surface area contributed by atoms with Crippen molar-refractivity contribution in [3.05, 3.63) is 0 Å². The van der Waals surface area contributed by atoms with Gasteiger partial charge in [0.15, 0.2) is 0 Å². The average molecular weight is 239 g/mol. The predicted octanol–water partition coefficient (Wildman–Crippen LogP) is -0.134. The van der Waals surface area contributed by atoms with Crippen LogP contribution in [0.25, 0.3) is 0 Å². The summed E-state index contributed by atoms with van der Waals surface area (Å²) in [7, 11) is 0. The van der Waals surface area contributed by atoms with E-state index in [4.69, 9.17) is 0 Å². The number of carbonyl (C=O) groups is 2. The Morgan fingerprint density at radius 2 is 1.94 bits per heavy atom. The fourth-order valence-electron chi connectivity index (χ4n) is 2.98. The van der Waals surface area contributed by atoms with Crippen LogP contribution in [0.4, 0.5) is 0 Å². The molecule has 2 heterocycles. The third-order valence-electron chi connectivity index (χ3n) is 3.93. The summed E-state index contributed by atoms with van der Waals surface area (Å²) in [5.41, 5.74) is 0.138. The molecule has 0 aliphatic carbocycles. The number of rotatable bonds is 1. The molecule has 0 bridgehead atoms. The van der Waals surface area contributed by atoms with Crippen molar-refractivity contribution in [2.45, 2.75) is 44.7 Å². The van der Waals surface area contributed by atoms with Crippen LogP contribution in [0.15, 0.2) is 0 Å². The highest BCUT2D eigenvalue weighted by Gasteiger charge is 2.41. The smallest absolute Gasteiger partial charge is 0.219 e. The second kappa shape index (κ2) is 4.64. The highest BCUT2D eigenvalue weighted by Crippen LogP contribution is 2.31. The molecule has 0 aromatic carbocycles. The molecule has 2 amide bonds. The number of nitrogens with zero attached hydrogens (tertiary/aromatic N) is 1. The Labute approximate surface area is 102 Å². The van der Waals surface area contributed by atoms with Gasteiger partial charge in [-0.15, -0.1) is 0 Å². The number of nitrogens with one attached hydrogen (secondary N) is 2. The summed E-state index contributed by atoms with van der Waals surface area (Å²) in [6, 6.07) is 0.247. The molecule has 2 aliphatic rings.